The van der Waals surface area contributed by atoms with Crippen molar-refractivity contribution in [3.05, 3.63) is 83.1 Å². The van der Waals surface area contributed by atoms with Gasteiger partial charge in [0.1, 0.15) is 23.3 Å². The zero-order valence-corrected chi connectivity index (χ0v) is 15.7. The molecule has 0 bridgehead atoms. The number of amides is 1. The van der Waals surface area contributed by atoms with Crippen LogP contribution in [0.4, 0.5) is 0 Å². The number of carbonyl (C=O) groups is 1. The second kappa shape index (κ2) is 7.66. The topological polar surface area (TPSA) is 85.8 Å². The average molecular weight is 394 g/mol. The molecule has 0 saturated carbocycles. The molecule has 1 N–H and O–H groups in total. The van der Waals surface area contributed by atoms with Crippen molar-refractivity contribution in [2.24, 2.45) is 0 Å². The van der Waals surface area contributed by atoms with Crippen molar-refractivity contribution in [1.82, 2.24) is 25.2 Å². The normalized spacial score (nSPS) is 10.8. The maximum atomic E-state index is 12.9. The van der Waals surface area contributed by atoms with Gasteiger partial charge in [-0.1, -0.05) is 53.2 Å². The molecule has 0 atom stereocenters. The van der Waals surface area contributed by atoms with E-state index in [0.717, 1.165) is 5.69 Å². The van der Waals surface area contributed by atoms with E-state index in [1.165, 1.54) is 0 Å². The van der Waals surface area contributed by atoms with Gasteiger partial charge in [-0.3, -0.25) is 9.36 Å². The van der Waals surface area contributed by atoms with E-state index >= 15 is 0 Å². The van der Waals surface area contributed by atoms with Gasteiger partial charge in [-0.2, -0.15) is 0 Å². The minimum Gasteiger partial charge on any atom is -0.360 e. The molecule has 0 saturated heterocycles. The van der Waals surface area contributed by atoms with Crippen LogP contribution in [0.15, 0.2) is 65.4 Å². The largest absolute Gasteiger partial charge is 0.360 e. The van der Waals surface area contributed by atoms with E-state index in [4.69, 9.17) is 16.1 Å². The van der Waals surface area contributed by atoms with E-state index in [-0.39, 0.29) is 12.5 Å². The summed E-state index contributed by atoms with van der Waals surface area (Å²) >= 11 is 6.26. The van der Waals surface area contributed by atoms with Crippen LogP contribution in [-0.4, -0.2) is 25.8 Å². The minimum atomic E-state index is -0.323. The van der Waals surface area contributed by atoms with Crippen LogP contribution >= 0.6 is 11.6 Å². The Bertz CT molecular complexity index is 1120. The lowest BCUT2D eigenvalue weighted by Crippen LogP contribution is -2.25. The molecule has 4 rings (SSSR count). The van der Waals surface area contributed by atoms with Crippen molar-refractivity contribution >= 4 is 17.5 Å². The Morgan fingerprint density at radius 1 is 1.14 bits per heavy atom. The summed E-state index contributed by atoms with van der Waals surface area (Å²) in [6.45, 7) is 1.88. The van der Waals surface area contributed by atoms with Crippen LogP contribution in [0.2, 0.25) is 5.02 Å². The maximum Gasteiger partial charge on any atom is 0.257 e. The van der Waals surface area contributed by atoms with Gasteiger partial charge in [0.2, 0.25) is 0 Å². The summed E-state index contributed by atoms with van der Waals surface area (Å²) < 4.78 is 7.07. The summed E-state index contributed by atoms with van der Waals surface area (Å²) in [6, 6.07) is 16.8. The highest BCUT2D eigenvalue weighted by atomic mass is 35.5. The lowest BCUT2D eigenvalue weighted by molar-refractivity contribution is 0.0948. The lowest BCUT2D eigenvalue weighted by atomic mass is 10.1. The molecule has 2 aromatic carbocycles. The summed E-state index contributed by atoms with van der Waals surface area (Å²) in [5.74, 6) is 0.696. The Balaban J connectivity index is 1.58. The molecule has 0 aliphatic heterocycles. The van der Waals surface area contributed by atoms with E-state index in [1.54, 1.807) is 25.4 Å². The molecule has 0 aliphatic carbocycles. The molecule has 140 valence electrons. The monoisotopic (exact) mass is 393 g/mol. The second-order valence-corrected chi connectivity index (χ2v) is 6.48. The van der Waals surface area contributed by atoms with Crippen LogP contribution in [0.3, 0.4) is 0 Å². The first-order chi connectivity index (χ1) is 13.6. The molecule has 2 heterocycles. The molecule has 28 heavy (non-hydrogen) atoms. The fraction of sp³-hybridized carbons (Fsp3) is 0.100. The van der Waals surface area contributed by atoms with E-state index in [0.29, 0.717) is 33.4 Å². The van der Waals surface area contributed by atoms with Crippen LogP contribution < -0.4 is 5.32 Å². The van der Waals surface area contributed by atoms with Crippen molar-refractivity contribution in [2.45, 2.75) is 13.5 Å². The maximum absolute atomic E-state index is 12.9. The average Bonchev–Trinajstić information content (AvgIpc) is 3.34. The van der Waals surface area contributed by atoms with E-state index in [9.17, 15) is 4.79 Å². The first-order valence-corrected chi connectivity index (χ1v) is 8.96. The van der Waals surface area contributed by atoms with E-state index in [2.05, 4.69) is 20.7 Å². The summed E-state index contributed by atoms with van der Waals surface area (Å²) in [5, 5.41) is 15.4. The van der Waals surface area contributed by atoms with Gasteiger partial charge >= 0.3 is 0 Å². The van der Waals surface area contributed by atoms with Gasteiger partial charge in [0.15, 0.2) is 5.82 Å². The molecule has 8 heteroatoms. The summed E-state index contributed by atoms with van der Waals surface area (Å²) in [4.78, 5) is 12.9. The number of halogens is 1. The number of rotatable bonds is 5. The van der Waals surface area contributed by atoms with E-state index < -0.39 is 0 Å². The van der Waals surface area contributed by atoms with Crippen molar-refractivity contribution in [1.29, 1.82) is 0 Å². The molecule has 0 unspecified atom stereocenters. The van der Waals surface area contributed by atoms with Crippen molar-refractivity contribution in [3.8, 4) is 16.9 Å². The van der Waals surface area contributed by atoms with Gasteiger partial charge < -0.3 is 9.84 Å². The van der Waals surface area contributed by atoms with Gasteiger partial charge in [0.25, 0.3) is 5.91 Å². The molecular formula is C20H16ClN5O2. The molecule has 0 spiro atoms. The highest BCUT2D eigenvalue weighted by molar-refractivity contribution is 6.33. The first-order valence-electron chi connectivity index (χ1n) is 8.59. The Hall–Kier alpha value is -3.45. The van der Waals surface area contributed by atoms with Crippen molar-refractivity contribution in [3.63, 3.8) is 0 Å². The number of aryl methyl sites for hydroxylation is 1. The third-order valence-electron chi connectivity index (χ3n) is 4.28. The van der Waals surface area contributed by atoms with Crippen LogP contribution in [0.5, 0.6) is 0 Å². The molecule has 1 amide bonds. The zero-order valence-electron chi connectivity index (χ0n) is 15.0. The van der Waals surface area contributed by atoms with E-state index in [1.807, 2.05) is 47.0 Å². The Labute approximate surface area is 166 Å². The van der Waals surface area contributed by atoms with Crippen LogP contribution in [0, 0.1) is 6.92 Å². The smallest absolute Gasteiger partial charge is 0.257 e. The predicted octanol–water partition coefficient (Wildman–Crippen LogP) is 3.81. The molecular weight excluding hydrogens is 378 g/mol. The number of hydrogen-bond donors (Lipinski definition) is 1. The molecule has 0 aliphatic rings. The number of nitrogens with one attached hydrogen (secondary N) is 1. The third kappa shape index (κ3) is 3.39. The predicted molar refractivity (Wildman–Crippen MR) is 104 cm³/mol. The number of nitrogens with zero attached hydrogens (tertiary/aromatic N) is 4. The zero-order chi connectivity index (χ0) is 19.5. The summed E-state index contributed by atoms with van der Waals surface area (Å²) in [6.07, 6.45) is 1.61. The Kier molecular flexibility index (Phi) is 4.90. The van der Waals surface area contributed by atoms with Gasteiger partial charge in [0.05, 0.1) is 11.6 Å². The molecule has 0 fully saturated rings. The van der Waals surface area contributed by atoms with Crippen molar-refractivity contribution < 1.29 is 9.32 Å². The third-order valence-corrected chi connectivity index (χ3v) is 4.61. The molecule has 7 nitrogen and oxygen atoms in total. The standard InChI is InChI=1S/C20H16ClN5O2/c1-13-18(19(25-28-13)15-9-5-6-10-16(15)21)20(27)22-11-17-24-23-12-26(17)14-7-3-2-4-8-14/h2-10,12H,11H2,1H3,(H,22,27). The number of carbonyl (C=O) groups excluding carboxylic acids is 1. The second-order valence-electron chi connectivity index (χ2n) is 6.08. The minimum absolute atomic E-state index is 0.195. The number of aromatic nitrogens is 4. The van der Waals surface area contributed by atoms with Gasteiger partial charge in [-0.15, -0.1) is 10.2 Å². The fourth-order valence-corrected chi connectivity index (χ4v) is 3.13. The highest BCUT2D eigenvalue weighted by Gasteiger charge is 2.23. The fourth-order valence-electron chi connectivity index (χ4n) is 2.91. The first kappa shape index (κ1) is 17.9. The number of benzene rings is 2. The lowest BCUT2D eigenvalue weighted by Gasteiger charge is -2.08. The van der Waals surface area contributed by atoms with Gasteiger partial charge in [-0.05, 0) is 25.1 Å². The summed E-state index contributed by atoms with van der Waals surface area (Å²) in [5.41, 5.74) is 2.30. The molecule has 4 aromatic rings. The number of hydrogen-bond acceptors (Lipinski definition) is 5. The highest BCUT2D eigenvalue weighted by Crippen LogP contribution is 2.30. The van der Waals surface area contributed by atoms with Gasteiger partial charge in [-0.25, -0.2) is 0 Å². The quantitative estimate of drug-likeness (QED) is 0.557. The van der Waals surface area contributed by atoms with Crippen molar-refractivity contribution in [2.75, 3.05) is 0 Å². The SMILES string of the molecule is Cc1onc(-c2ccccc2Cl)c1C(=O)NCc1nncn1-c1ccccc1. The summed E-state index contributed by atoms with van der Waals surface area (Å²) in [7, 11) is 0. The number of para-hydroxylation sites is 1. The molecule has 0 radical (unpaired) electrons. The van der Waals surface area contributed by atoms with Gasteiger partial charge in [0, 0.05) is 11.3 Å². The van der Waals surface area contributed by atoms with Crippen LogP contribution in [0.1, 0.15) is 21.9 Å². The van der Waals surface area contributed by atoms with Crippen LogP contribution in [-0.2, 0) is 6.54 Å². The Morgan fingerprint density at radius 2 is 1.89 bits per heavy atom. The Morgan fingerprint density at radius 3 is 2.68 bits per heavy atom. The molecule has 2 aromatic heterocycles. The van der Waals surface area contributed by atoms with Crippen LogP contribution in [0.25, 0.3) is 16.9 Å².